The van der Waals surface area contributed by atoms with Crippen LogP contribution in [0.3, 0.4) is 0 Å². The molecule has 0 aliphatic rings. The van der Waals surface area contributed by atoms with Gasteiger partial charge in [0, 0.05) is 25.7 Å². The van der Waals surface area contributed by atoms with Gasteiger partial charge in [0.15, 0.2) is 0 Å². The lowest BCUT2D eigenvalue weighted by atomic mass is 10.1. The molecule has 0 aliphatic carbocycles. The molecule has 2 nitrogen and oxygen atoms in total. The Labute approximate surface area is 121 Å². The molecule has 2 aromatic rings. The molecule has 1 unspecified atom stereocenters. The van der Waals surface area contributed by atoms with Crippen molar-refractivity contribution in [3.63, 3.8) is 0 Å². The molecule has 0 spiro atoms. The summed E-state index contributed by atoms with van der Waals surface area (Å²) in [6.07, 6.45) is 0.332. The molecule has 0 bridgehead atoms. The molecule has 2 heteroatoms. The van der Waals surface area contributed by atoms with E-state index in [0.29, 0.717) is 13.0 Å². The van der Waals surface area contributed by atoms with Crippen LogP contribution in [0.25, 0.3) is 0 Å². The van der Waals surface area contributed by atoms with Crippen molar-refractivity contribution in [1.29, 1.82) is 0 Å². The van der Waals surface area contributed by atoms with Crippen LogP contribution in [0.4, 0.5) is 5.69 Å². The van der Waals surface area contributed by atoms with E-state index in [-0.39, 0.29) is 6.10 Å². The van der Waals surface area contributed by atoms with E-state index < -0.39 is 0 Å². The van der Waals surface area contributed by atoms with Gasteiger partial charge in [-0.1, -0.05) is 36.4 Å². The zero-order chi connectivity index (χ0) is 14.5. The maximum absolute atomic E-state index is 10.2. The number of benzene rings is 2. The highest BCUT2D eigenvalue weighted by Crippen LogP contribution is 2.18. The highest BCUT2D eigenvalue weighted by Gasteiger charge is 2.10. The SMILES string of the molecule is Cc1cc(C)cc(N(C)CC(O)Cc2ccccc2)c1. The molecule has 0 saturated carbocycles. The molecule has 0 aromatic heterocycles. The van der Waals surface area contributed by atoms with Crippen LogP contribution in [0, 0.1) is 13.8 Å². The number of hydrogen-bond acceptors (Lipinski definition) is 2. The van der Waals surface area contributed by atoms with Crippen molar-refractivity contribution in [1.82, 2.24) is 0 Å². The standard InChI is InChI=1S/C18H23NO/c1-14-9-15(2)11-17(10-14)19(3)13-18(20)12-16-7-5-4-6-8-16/h4-11,18,20H,12-13H2,1-3H3. The first kappa shape index (κ1) is 14.6. The fourth-order valence-electron chi connectivity index (χ4n) is 2.54. The number of hydrogen-bond donors (Lipinski definition) is 1. The Morgan fingerprint density at radius 1 is 1.00 bits per heavy atom. The van der Waals surface area contributed by atoms with Gasteiger partial charge in [0.05, 0.1) is 6.10 Å². The lowest BCUT2D eigenvalue weighted by Gasteiger charge is -2.23. The molecule has 106 valence electrons. The van der Waals surface area contributed by atoms with Crippen LogP contribution < -0.4 is 4.90 Å². The molecule has 0 fully saturated rings. The Bertz CT molecular complexity index is 530. The molecule has 2 rings (SSSR count). The van der Waals surface area contributed by atoms with E-state index in [2.05, 4.69) is 49.1 Å². The molecule has 1 N–H and O–H groups in total. The maximum Gasteiger partial charge on any atom is 0.0755 e. The number of aryl methyl sites for hydroxylation is 2. The quantitative estimate of drug-likeness (QED) is 0.900. The summed E-state index contributed by atoms with van der Waals surface area (Å²) >= 11 is 0. The summed E-state index contributed by atoms with van der Waals surface area (Å²) in [6.45, 7) is 4.84. The fraction of sp³-hybridized carbons (Fsp3) is 0.333. The summed E-state index contributed by atoms with van der Waals surface area (Å²) in [6, 6.07) is 16.6. The molecule has 2 aromatic carbocycles. The van der Waals surface area contributed by atoms with Gasteiger partial charge in [0.1, 0.15) is 0 Å². The van der Waals surface area contributed by atoms with Gasteiger partial charge in [-0.15, -0.1) is 0 Å². The Hall–Kier alpha value is -1.80. The maximum atomic E-state index is 10.2. The van der Waals surface area contributed by atoms with E-state index in [1.54, 1.807) is 0 Å². The van der Waals surface area contributed by atoms with Gasteiger partial charge in [0.25, 0.3) is 0 Å². The molecule has 20 heavy (non-hydrogen) atoms. The van der Waals surface area contributed by atoms with Crippen molar-refractivity contribution >= 4 is 5.69 Å². The molecule has 0 heterocycles. The topological polar surface area (TPSA) is 23.5 Å². The van der Waals surface area contributed by atoms with E-state index in [4.69, 9.17) is 0 Å². The highest BCUT2D eigenvalue weighted by molar-refractivity contribution is 5.50. The number of likely N-dealkylation sites (N-methyl/N-ethyl adjacent to an activating group) is 1. The van der Waals surface area contributed by atoms with E-state index in [0.717, 1.165) is 5.69 Å². The summed E-state index contributed by atoms with van der Waals surface area (Å²) in [5, 5.41) is 10.2. The second-order valence-corrected chi connectivity index (χ2v) is 5.57. The van der Waals surface area contributed by atoms with Crippen molar-refractivity contribution in [2.24, 2.45) is 0 Å². The minimum Gasteiger partial charge on any atom is -0.391 e. The third-order valence-electron chi connectivity index (χ3n) is 3.45. The zero-order valence-electron chi connectivity index (χ0n) is 12.5. The highest BCUT2D eigenvalue weighted by atomic mass is 16.3. The number of aliphatic hydroxyl groups is 1. The Morgan fingerprint density at radius 3 is 2.20 bits per heavy atom. The lowest BCUT2D eigenvalue weighted by Crippen LogP contribution is -2.30. The van der Waals surface area contributed by atoms with Gasteiger partial charge in [0.2, 0.25) is 0 Å². The molecule has 0 amide bonds. The Balaban J connectivity index is 1.98. The second-order valence-electron chi connectivity index (χ2n) is 5.57. The summed E-state index contributed by atoms with van der Waals surface area (Å²) in [5.41, 5.74) is 4.84. The van der Waals surface area contributed by atoms with Gasteiger partial charge in [-0.2, -0.15) is 0 Å². The first-order chi connectivity index (χ1) is 9.54. The first-order valence-electron chi connectivity index (χ1n) is 7.06. The minimum atomic E-state index is -0.358. The van der Waals surface area contributed by atoms with Gasteiger partial charge < -0.3 is 10.0 Å². The summed E-state index contributed by atoms with van der Waals surface area (Å²) < 4.78 is 0. The molecule has 0 aliphatic heterocycles. The summed E-state index contributed by atoms with van der Waals surface area (Å²) in [4.78, 5) is 2.12. The van der Waals surface area contributed by atoms with Gasteiger partial charge >= 0.3 is 0 Å². The number of rotatable bonds is 5. The lowest BCUT2D eigenvalue weighted by molar-refractivity contribution is 0.182. The van der Waals surface area contributed by atoms with Crippen LogP contribution in [-0.4, -0.2) is 24.8 Å². The van der Waals surface area contributed by atoms with Crippen LogP contribution in [0.5, 0.6) is 0 Å². The molecule has 0 saturated heterocycles. The van der Waals surface area contributed by atoms with E-state index in [9.17, 15) is 5.11 Å². The predicted octanol–water partition coefficient (Wildman–Crippen LogP) is 3.34. The zero-order valence-corrected chi connectivity index (χ0v) is 12.5. The monoisotopic (exact) mass is 269 g/mol. The van der Waals surface area contributed by atoms with Crippen molar-refractivity contribution in [2.75, 3.05) is 18.5 Å². The minimum absolute atomic E-state index is 0.358. The predicted molar refractivity (Wildman–Crippen MR) is 85.3 cm³/mol. The average Bonchev–Trinajstić information content (AvgIpc) is 2.38. The van der Waals surface area contributed by atoms with E-state index in [1.165, 1.54) is 16.7 Å². The Morgan fingerprint density at radius 2 is 1.60 bits per heavy atom. The van der Waals surface area contributed by atoms with Gasteiger partial charge in [-0.3, -0.25) is 0 Å². The van der Waals surface area contributed by atoms with Crippen LogP contribution in [0.15, 0.2) is 48.5 Å². The number of nitrogens with zero attached hydrogens (tertiary/aromatic N) is 1. The largest absolute Gasteiger partial charge is 0.391 e. The smallest absolute Gasteiger partial charge is 0.0755 e. The first-order valence-corrected chi connectivity index (χ1v) is 7.06. The van der Waals surface area contributed by atoms with E-state index in [1.807, 2.05) is 25.2 Å². The van der Waals surface area contributed by atoms with Crippen molar-refractivity contribution in [3.05, 3.63) is 65.2 Å². The second kappa shape index (κ2) is 6.58. The van der Waals surface area contributed by atoms with Crippen LogP contribution in [-0.2, 0) is 6.42 Å². The summed E-state index contributed by atoms with van der Waals surface area (Å²) in [5.74, 6) is 0. The molecule has 0 radical (unpaired) electrons. The van der Waals surface area contributed by atoms with Crippen molar-refractivity contribution in [2.45, 2.75) is 26.4 Å². The van der Waals surface area contributed by atoms with Crippen molar-refractivity contribution in [3.8, 4) is 0 Å². The van der Waals surface area contributed by atoms with Crippen LogP contribution in [0.2, 0.25) is 0 Å². The van der Waals surface area contributed by atoms with Gasteiger partial charge in [-0.05, 0) is 42.7 Å². The fourth-order valence-corrected chi connectivity index (χ4v) is 2.54. The normalized spacial score (nSPS) is 12.2. The van der Waals surface area contributed by atoms with E-state index >= 15 is 0 Å². The van der Waals surface area contributed by atoms with Gasteiger partial charge in [-0.25, -0.2) is 0 Å². The number of aliphatic hydroxyl groups excluding tert-OH is 1. The average molecular weight is 269 g/mol. The third-order valence-corrected chi connectivity index (χ3v) is 3.45. The molecule has 1 atom stereocenters. The summed E-state index contributed by atoms with van der Waals surface area (Å²) in [7, 11) is 2.03. The molecular formula is C18H23NO. The van der Waals surface area contributed by atoms with Crippen LogP contribution >= 0.6 is 0 Å². The third kappa shape index (κ3) is 4.10. The van der Waals surface area contributed by atoms with Crippen molar-refractivity contribution < 1.29 is 5.11 Å². The Kier molecular flexibility index (Phi) is 4.80. The number of anilines is 1. The molecular weight excluding hydrogens is 246 g/mol. The van der Waals surface area contributed by atoms with Crippen LogP contribution in [0.1, 0.15) is 16.7 Å².